The number of aryl methyl sites for hydroxylation is 2. The fourth-order valence-corrected chi connectivity index (χ4v) is 2.03. The molecule has 0 fully saturated rings. The molecular weight excluding hydrogens is 216 g/mol. The van der Waals surface area contributed by atoms with E-state index in [4.69, 9.17) is 4.74 Å². The van der Waals surface area contributed by atoms with Crippen molar-refractivity contribution in [2.45, 2.75) is 20.3 Å². The van der Waals surface area contributed by atoms with Gasteiger partial charge in [-0.2, -0.15) is 5.10 Å². The number of rotatable bonds is 3. The van der Waals surface area contributed by atoms with Crippen LogP contribution in [0.4, 0.5) is 0 Å². The molecule has 90 valence electrons. The molecule has 0 unspecified atom stereocenters. The highest BCUT2D eigenvalue weighted by Gasteiger charge is 2.13. The summed E-state index contributed by atoms with van der Waals surface area (Å²) in [7, 11) is 1.89. The number of aromatic nitrogens is 2. The molecule has 2 aromatic rings. The summed E-state index contributed by atoms with van der Waals surface area (Å²) in [5.74, 6) is -0.190. The van der Waals surface area contributed by atoms with Crippen LogP contribution in [0.15, 0.2) is 18.3 Å². The topological polar surface area (TPSA) is 44.1 Å². The van der Waals surface area contributed by atoms with E-state index in [2.05, 4.69) is 5.10 Å². The van der Waals surface area contributed by atoms with Gasteiger partial charge < -0.3 is 4.74 Å². The molecule has 1 heterocycles. The highest BCUT2D eigenvalue weighted by molar-refractivity contribution is 5.87. The molecule has 0 spiro atoms. The summed E-state index contributed by atoms with van der Waals surface area (Å²) in [6, 6.07) is 4.03. The quantitative estimate of drug-likeness (QED) is 0.760. The van der Waals surface area contributed by atoms with Gasteiger partial charge in [-0.05, 0) is 25.0 Å². The largest absolute Gasteiger partial charge is 0.466 e. The summed E-state index contributed by atoms with van der Waals surface area (Å²) >= 11 is 0. The number of ether oxygens (including phenoxy) is 1. The maximum Gasteiger partial charge on any atom is 0.310 e. The lowest BCUT2D eigenvalue weighted by Crippen LogP contribution is -2.10. The highest BCUT2D eigenvalue weighted by atomic mass is 16.5. The van der Waals surface area contributed by atoms with Crippen LogP contribution in [0, 0.1) is 6.92 Å². The minimum Gasteiger partial charge on any atom is -0.466 e. The average Bonchev–Trinajstić information content (AvgIpc) is 2.65. The van der Waals surface area contributed by atoms with Gasteiger partial charge in [-0.1, -0.05) is 12.1 Å². The van der Waals surface area contributed by atoms with E-state index in [0.717, 1.165) is 22.0 Å². The average molecular weight is 232 g/mol. The fourth-order valence-electron chi connectivity index (χ4n) is 2.03. The molecule has 4 heteroatoms. The van der Waals surface area contributed by atoms with Crippen molar-refractivity contribution in [2.75, 3.05) is 6.61 Å². The van der Waals surface area contributed by atoms with E-state index in [0.29, 0.717) is 13.0 Å². The molecule has 1 aromatic carbocycles. The van der Waals surface area contributed by atoms with E-state index in [1.54, 1.807) is 4.68 Å². The molecule has 0 aliphatic carbocycles. The lowest BCUT2D eigenvalue weighted by molar-refractivity contribution is -0.142. The molecule has 0 saturated heterocycles. The van der Waals surface area contributed by atoms with Crippen molar-refractivity contribution in [3.05, 3.63) is 29.5 Å². The Morgan fingerprint density at radius 1 is 1.47 bits per heavy atom. The summed E-state index contributed by atoms with van der Waals surface area (Å²) in [6.45, 7) is 4.23. The maximum atomic E-state index is 11.6. The lowest BCUT2D eigenvalue weighted by atomic mass is 10.0. The Balaban J connectivity index is 2.47. The van der Waals surface area contributed by atoms with Gasteiger partial charge >= 0.3 is 5.97 Å². The standard InChI is InChI=1S/C13H16N2O2/c1-4-17-12(16)7-11-9(2)5-6-10-8-14-15(3)13(10)11/h5-6,8H,4,7H2,1-3H3. The zero-order valence-electron chi connectivity index (χ0n) is 10.4. The second kappa shape index (κ2) is 4.57. The van der Waals surface area contributed by atoms with E-state index >= 15 is 0 Å². The number of benzene rings is 1. The second-order valence-electron chi connectivity index (χ2n) is 4.05. The van der Waals surface area contributed by atoms with Crippen LogP contribution in [0.2, 0.25) is 0 Å². The van der Waals surface area contributed by atoms with Gasteiger partial charge in [-0.15, -0.1) is 0 Å². The van der Waals surface area contributed by atoms with Crippen molar-refractivity contribution in [3.8, 4) is 0 Å². The SMILES string of the molecule is CCOC(=O)Cc1c(C)ccc2cnn(C)c12. The van der Waals surface area contributed by atoms with Crippen LogP contribution in [0.25, 0.3) is 10.9 Å². The van der Waals surface area contributed by atoms with Crippen molar-refractivity contribution in [1.29, 1.82) is 0 Å². The van der Waals surface area contributed by atoms with Crippen LogP contribution >= 0.6 is 0 Å². The van der Waals surface area contributed by atoms with Crippen molar-refractivity contribution in [1.82, 2.24) is 9.78 Å². The van der Waals surface area contributed by atoms with Crippen LogP contribution < -0.4 is 0 Å². The zero-order valence-corrected chi connectivity index (χ0v) is 10.4. The van der Waals surface area contributed by atoms with Gasteiger partial charge in [0, 0.05) is 12.4 Å². The first-order valence-corrected chi connectivity index (χ1v) is 5.69. The number of esters is 1. The summed E-state index contributed by atoms with van der Waals surface area (Å²) in [4.78, 5) is 11.6. The van der Waals surface area contributed by atoms with Crippen LogP contribution in [-0.4, -0.2) is 22.4 Å². The monoisotopic (exact) mass is 232 g/mol. The summed E-state index contributed by atoms with van der Waals surface area (Å²) in [5, 5.41) is 5.27. The molecule has 0 N–H and O–H groups in total. The van der Waals surface area contributed by atoms with Crippen LogP contribution in [0.1, 0.15) is 18.1 Å². The third kappa shape index (κ3) is 2.16. The molecule has 4 nitrogen and oxygen atoms in total. The van der Waals surface area contributed by atoms with Crippen molar-refractivity contribution >= 4 is 16.9 Å². The van der Waals surface area contributed by atoms with Crippen molar-refractivity contribution in [3.63, 3.8) is 0 Å². The molecule has 2 rings (SSSR count). The van der Waals surface area contributed by atoms with E-state index in [1.165, 1.54) is 0 Å². The van der Waals surface area contributed by atoms with Gasteiger partial charge in [0.2, 0.25) is 0 Å². The Morgan fingerprint density at radius 2 is 2.24 bits per heavy atom. The van der Waals surface area contributed by atoms with E-state index in [1.807, 2.05) is 39.2 Å². The smallest absolute Gasteiger partial charge is 0.310 e. The normalized spacial score (nSPS) is 10.8. The minimum absolute atomic E-state index is 0.190. The fraction of sp³-hybridized carbons (Fsp3) is 0.385. The number of hydrogen-bond donors (Lipinski definition) is 0. The Bertz CT molecular complexity index is 558. The first-order chi connectivity index (χ1) is 8.13. The lowest BCUT2D eigenvalue weighted by Gasteiger charge is -2.08. The number of fused-ring (bicyclic) bond motifs is 1. The summed E-state index contributed by atoms with van der Waals surface area (Å²) in [6.07, 6.45) is 2.11. The van der Waals surface area contributed by atoms with Crippen LogP contribution in [0.3, 0.4) is 0 Å². The maximum absolute atomic E-state index is 11.6. The first kappa shape index (κ1) is 11.6. The van der Waals surface area contributed by atoms with E-state index in [-0.39, 0.29) is 5.97 Å². The molecule has 0 saturated carbocycles. The van der Waals surface area contributed by atoms with Crippen molar-refractivity contribution < 1.29 is 9.53 Å². The predicted octanol–water partition coefficient (Wildman–Crippen LogP) is 1.99. The minimum atomic E-state index is -0.190. The van der Waals surface area contributed by atoms with Gasteiger partial charge in [0.25, 0.3) is 0 Å². The van der Waals surface area contributed by atoms with E-state index in [9.17, 15) is 4.79 Å². The Hall–Kier alpha value is -1.84. The predicted molar refractivity (Wildman–Crippen MR) is 65.8 cm³/mol. The third-order valence-corrected chi connectivity index (χ3v) is 2.87. The van der Waals surface area contributed by atoms with Gasteiger partial charge in [0.1, 0.15) is 0 Å². The highest BCUT2D eigenvalue weighted by Crippen LogP contribution is 2.22. The molecule has 1 aromatic heterocycles. The van der Waals surface area contributed by atoms with Gasteiger partial charge in [-0.3, -0.25) is 9.48 Å². The van der Waals surface area contributed by atoms with Gasteiger partial charge in [0.05, 0.1) is 24.7 Å². The molecular formula is C13H16N2O2. The van der Waals surface area contributed by atoms with Crippen molar-refractivity contribution in [2.24, 2.45) is 7.05 Å². The van der Waals surface area contributed by atoms with Gasteiger partial charge in [-0.25, -0.2) is 0 Å². The molecule has 17 heavy (non-hydrogen) atoms. The van der Waals surface area contributed by atoms with Crippen LogP contribution in [0.5, 0.6) is 0 Å². The molecule has 0 aliphatic heterocycles. The molecule has 0 aliphatic rings. The molecule has 0 radical (unpaired) electrons. The Kier molecular flexibility index (Phi) is 3.13. The van der Waals surface area contributed by atoms with E-state index < -0.39 is 0 Å². The molecule has 0 amide bonds. The van der Waals surface area contributed by atoms with Crippen LogP contribution in [-0.2, 0) is 23.0 Å². The first-order valence-electron chi connectivity index (χ1n) is 5.69. The van der Waals surface area contributed by atoms with Gasteiger partial charge in [0.15, 0.2) is 0 Å². The number of carbonyl (C=O) groups is 1. The Morgan fingerprint density at radius 3 is 2.94 bits per heavy atom. The molecule has 0 atom stereocenters. The third-order valence-electron chi connectivity index (χ3n) is 2.87. The number of hydrogen-bond acceptors (Lipinski definition) is 3. The second-order valence-corrected chi connectivity index (χ2v) is 4.05. The molecule has 0 bridgehead atoms. The Labute approximate surface area is 100 Å². The number of nitrogens with zero attached hydrogens (tertiary/aromatic N) is 2. The summed E-state index contributed by atoms with van der Waals surface area (Å²) < 4.78 is 6.80. The zero-order chi connectivity index (χ0) is 12.4. The number of carbonyl (C=O) groups excluding carboxylic acids is 1. The summed E-state index contributed by atoms with van der Waals surface area (Å²) in [5.41, 5.74) is 3.10.